The molecule has 2 aromatic rings. The third-order valence-electron chi connectivity index (χ3n) is 5.93. The van der Waals surface area contributed by atoms with E-state index < -0.39 is 5.97 Å². The van der Waals surface area contributed by atoms with Crippen LogP contribution in [0.5, 0.6) is 0 Å². The summed E-state index contributed by atoms with van der Waals surface area (Å²) in [5, 5.41) is 8.99. The number of carbonyl (C=O) groups is 2. The molecule has 31 heavy (non-hydrogen) atoms. The summed E-state index contributed by atoms with van der Waals surface area (Å²) < 4.78 is 0. The van der Waals surface area contributed by atoms with Gasteiger partial charge < -0.3 is 5.11 Å². The average Bonchev–Trinajstić information content (AvgIpc) is 2.80. The van der Waals surface area contributed by atoms with E-state index in [-0.39, 0.29) is 11.3 Å². The summed E-state index contributed by atoms with van der Waals surface area (Å²) in [6.07, 6.45) is 16.2. The molecule has 0 saturated carbocycles. The molecule has 3 heteroatoms. The molecule has 0 radical (unpaired) electrons. The lowest BCUT2D eigenvalue weighted by Gasteiger charge is -2.05. The maximum atomic E-state index is 12.4. The number of ketones is 1. The summed E-state index contributed by atoms with van der Waals surface area (Å²) in [5.74, 6) is -0.717. The maximum Gasteiger partial charge on any atom is 0.335 e. The second kappa shape index (κ2) is 14.6. The number of aromatic carboxylic acids is 1. The van der Waals surface area contributed by atoms with Gasteiger partial charge in [-0.2, -0.15) is 0 Å². The van der Waals surface area contributed by atoms with Gasteiger partial charge in [0.05, 0.1) is 5.56 Å². The van der Waals surface area contributed by atoms with Crippen LogP contribution in [-0.2, 0) is 0 Å². The zero-order valence-corrected chi connectivity index (χ0v) is 19.1. The zero-order chi connectivity index (χ0) is 22.3. The number of Topliss-reactive ketones (excluding diaryl/α,β-unsaturated/α-hetero) is 1. The fourth-order valence-corrected chi connectivity index (χ4v) is 3.92. The second-order valence-corrected chi connectivity index (χ2v) is 8.52. The summed E-state index contributed by atoms with van der Waals surface area (Å²) in [6.45, 7) is 2.26. The van der Waals surface area contributed by atoms with E-state index in [0.717, 1.165) is 29.5 Å². The van der Waals surface area contributed by atoms with Gasteiger partial charge in [-0.1, -0.05) is 114 Å². The van der Waals surface area contributed by atoms with E-state index in [1.165, 1.54) is 64.2 Å². The van der Waals surface area contributed by atoms with Gasteiger partial charge in [0.2, 0.25) is 0 Å². The van der Waals surface area contributed by atoms with E-state index >= 15 is 0 Å². The van der Waals surface area contributed by atoms with Gasteiger partial charge in [-0.15, -0.1) is 0 Å². The summed E-state index contributed by atoms with van der Waals surface area (Å²) in [6, 6.07) is 14.4. The van der Waals surface area contributed by atoms with Crippen LogP contribution in [0.25, 0.3) is 11.1 Å². The van der Waals surface area contributed by atoms with Crippen molar-refractivity contribution in [3.8, 4) is 11.1 Å². The van der Waals surface area contributed by atoms with E-state index in [1.54, 1.807) is 24.3 Å². The summed E-state index contributed by atoms with van der Waals surface area (Å²) in [5.41, 5.74) is 2.97. The number of rotatable bonds is 16. The fraction of sp³-hybridized carbons (Fsp3) is 0.500. The first-order valence-corrected chi connectivity index (χ1v) is 12.1. The zero-order valence-electron chi connectivity index (χ0n) is 19.1. The molecule has 0 heterocycles. The van der Waals surface area contributed by atoms with Crippen LogP contribution in [0.3, 0.4) is 0 Å². The molecule has 0 aliphatic rings. The first kappa shape index (κ1) is 24.8. The Balaban J connectivity index is 1.60. The Bertz CT molecular complexity index is 775. The molecule has 0 spiro atoms. The van der Waals surface area contributed by atoms with E-state index in [9.17, 15) is 9.59 Å². The molecule has 0 amide bonds. The topological polar surface area (TPSA) is 54.4 Å². The monoisotopic (exact) mass is 422 g/mol. The van der Waals surface area contributed by atoms with Gasteiger partial charge in [0.1, 0.15) is 0 Å². The van der Waals surface area contributed by atoms with Crippen molar-refractivity contribution in [1.29, 1.82) is 0 Å². The van der Waals surface area contributed by atoms with Gasteiger partial charge >= 0.3 is 5.97 Å². The Labute approximate surface area is 187 Å². The molecule has 0 aliphatic heterocycles. The number of carboxylic acids is 1. The molecule has 2 rings (SSSR count). The van der Waals surface area contributed by atoms with Gasteiger partial charge in [0.25, 0.3) is 0 Å². The van der Waals surface area contributed by atoms with Gasteiger partial charge in [0, 0.05) is 12.0 Å². The van der Waals surface area contributed by atoms with Gasteiger partial charge in [-0.3, -0.25) is 4.79 Å². The van der Waals surface area contributed by atoms with E-state index in [2.05, 4.69) is 6.92 Å². The van der Waals surface area contributed by atoms with Crippen LogP contribution in [0.15, 0.2) is 48.5 Å². The molecule has 0 aromatic heterocycles. The number of carboxylic acid groups (broad SMARTS) is 1. The summed E-state index contributed by atoms with van der Waals surface area (Å²) >= 11 is 0. The third-order valence-corrected chi connectivity index (χ3v) is 5.93. The highest BCUT2D eigenvalue weighted by atomic mass is 16.4. The molecule has 0 unspecified atom stereocenters. The number of unbranched alkanes of at least 4 members (excludes halogenated alkanes) is 11. The molecule has 0 aliphatic carbocycles. The SMILES string of the molecule is CCCCCCCCCCCCCCC(=O)c1ccc(-c2ccc(C(=O)O)cc2)cc1. The standard InChI is InChI=1S/C28H38O3/c1-2-3-4-5-6-7-8-9-10-11-12-13-14-27(29)25-19-15-23(16-20-25)24-17-21-26(22-18-24)28(30)31/h15-22H,2-14H2,1H3,(H,30,31). The summed E-state index contributed by atoms with van der Waals surface area (Å²) in [4.78, 5) is 23.4. The number of hydrogen-bond donors (Lipinski definition) is 1. The van der Waals surface area contributed by atoms with Crippen LogP contribution < -0.4 is 0 Å². The molecular formula is C28H38O3. The quantitative estimate of drug-likeness (QED) is 0.218. The van der Waals surface area contributed by atoms with Gasteiger partial charge in [-0.05, 0) is 29.7 Å². The first-order valence-electron chi connectivity index (χ1n) is 12.1. The Morgan fingerprint density at radius 2 is 0.968 bits per heavy atom. The normalized spacial score (nSPS) is 10.9. The smallest absolute Gasteiger partial charge is 0.335 e. The van der Waals surface area contributed by atoms with Crippen molar-refractivity contribution in [3.63, 3.8) is 0 Å². The Hall–Kier alpha value is -2.42. The fourth-order valence-electron chi connectivity index (χ4n) is 3.92. The predicted octanol–water partition coefficient (Wildman–Crippen LogP) is 8.33. The first-order chi connectivity index (χ1) is 15.1. The lowest BCUT2D eigenvalue weighted by molar-refractivity contribution is 0.0696. The minimum atomic E-state index is -0.926. The molecule has 0 fully saturated rings. The molecule has 0 atom stereocenters. The van der Waals surface area contributed by atoms with Crippen LogP contribution in [0, 0.1) is 0 Å². The van der Waals surface area contributed by atoms with Crippen LogP contribution in [0.2, 0.25) is 0 Å². The highest BCUT2D eigenvalue weighted by Crippen LogP contribution is 2.21. The molecule has 168 valence electrons. The van der Waals surface area contributed by atoms with Crippen molar-refractivity contribution in [2.75, 3.05) is 0 Å². The Morgan fingerprint density at radius 3 is 1.39 bits per heavy atom. The number of carbonyl (C=O) groups excluding carboxylic acids is 1. The van der Waals surface area contributed by atoms with Gasteiger partial charge in [0.15, 0.2) is 5.78 Å². The van der Waals surface area contributed by atoms with Crippen molar-refractivity contribution >= 4 is 11.8 Å². The van der Waals surface area contributed by atoms with Crippen molar-refractivity contribution in [2.45, 2.75) is 90.4 Å². The highest BCUT2D eigenvalue weighted by molar-refractivity contribution is 5.96. The predicted molar refractivity (Wildman–Crippen MR) is 129 cm³/mol. The van der Waals surface area contributed by atoms with Crippen molar-refractivity contribution in [1.82, 2.24) is 0 Å². The van der Waals surface area contributed by atoms with Crippen molar-refractivity contribution in [3.05, 3.63) is 59.7 Å². The highest BCUT2D eigenvalue weighted by Gasteiger charge is 2.07. The largest absolute Gasteiger partial charge is 0.478 e. The minimum absolute atomic E-state index is 0.208. The van der Waals surface area contributed by atoms with Crippen LogP contribution in [-0.4, -0.2) is 16.9 Å². The van der Waals surface area contributed by atoms with Crippen LogP contribution in [0.1, 0.15) is 111 Å². The molecule has 3 nitrogen and oxygen atoms in total. The Morgan fingerprint density at radius 1 is 0.581 bits per heavy atom. The van der Waals surface area contributed by atoms with Crippen molar-refractivity contribution in [2.24, 2.45) is 0 Å². The van der Waals surface area contributed by atoms with Gasteiger partial charge in [-0.25, -0.2) is 4.79 Å². The van der Waals surface area contributed by atoms with Crippen LogP contribution in [0.4, 0.5) is 0 Å². The molecule has 0 bridgehead atoms. The molecule has 0 saturated heterocycles. The maximum absolute atomic E-state index is 12.4. The lowest BCUT2D eigenvalue weighted by atomic mass is 9.99. The van der Waals surface area contributed by atoms with Crippen molar-refractivity contribution < 1.29 is 14.7 Å². The van der Waals surface area contributed by atoms with E-state index in [1.807, 2.05) is 24.3 Å². The third kappa shape index (κ3) is 9.50. The van der Waals surface area contributed by atoms with E-state index in [4.69, 9.17) is 5.11 Å². The second-order valence-electron chi connectivity index (χ2n) is 8.52. The minimum Gasteiger partial charge on any atom is -0.478 e. The van der Waals surface area contributed by atoms with Crippen LogP contribution >= 0.6 is 0 Å². The average molecular weight is 423 g/mol. The molecule has 2 aromatic carbocycles. The van der Waals surface area contributed by atoms with E-state index in [0.29, 0.717) is 6.42 Å². The summed E-state index contributed by atoms with van der Waals surface area (Å²) in [7, 11) is 0. The number of benzene rings is 2. The number of hydrogen-bond acceptors (Lipinski definition) is 2. The Kier molecular flexibility index (Phi) is 11.7. The lowest BCUT2D eigenvalue weighted by Crippen LogP contribution is -1.99. The molecule has 1 N–H and O–H groups in total. The molecular weight excluding hydrogens is 384 g/mol.